The molecule has 1 aromatic heterocycles. The van der Waals surface area contributed by atoms with Gasteiger partial charge in [0.1, 0.15) is 5.69 Å². The van der Waals surface area contributed by atoms with Crippen LogP contribution in [0.1, 0.15) is 43.4 Å². The zero-order chi connectivity index (χ0) is 15.6. The highest BCUT2D eigenvalue weighted by Gasteiger charge is 2.49. The van der Waals surface area contributed by atoms with Crippen LogP contribution in [0.15, 0.2) is 6.07 Å². The van der Waals surface area contributed by atoms with Gasteiger partial charge in [-0.3, -0.25) is 14.7 Å². The molecule has 1 saturated heterocycles. The number of ether oxygens (including phenoxy) is 1. The van der Waals surface area contributed by atoms with Crippen molar-refractivity contribution in [2.75, 3.05) is 19.7 Å². The number of aromatic nitrogens is 2. The molecule has 1 N–H and O–H groups in total. The number of carbonyl (C=O) groups is 2. The number of amides is 1. The fourth-order valence-electron chi connectivity index (χ4n) is 2.84. The van der Waals surface area contributed by atoms with Gasteiger partial charge in [-0.25, -0.2) is 0 Å². The van der Waals surface area contributed by atoms with Crippen LogP contribution < -0.4 is 0 Å². The van der Waals surface area contributed by atoms with E-state index in [0.29, 0.717) is 31.8 Å². The zero-order valence-corrected chi connectivity index (χ0v) is 13.1. The lowest BCUT2D eigenvalue weighted by Gasteiger charge is -2.30. The van der Waals surface area contributed by atoms with Crippen LogP contribution in [0.2, 0.25) is 0 Å². The van der Waals surface area contributed by atoms with Gasteiger partial charge < -0.3 is 9.64 Å². The van der Waals surface area contributed by atoms with Crippen LogP contribution in [-0.4, -0.2) is 46.7 Å². The number of likely N-dealkylation sites (tertiary alicyclic amines) is 1. The Bertz CT molecular complexity index is 538. The van der Waals surface area contributed by atoms with Gasteiger partial charge in [-0.15, -0.1) is 0 Å². The first-order valence-electron chi connectivity index (χ1n) is 7.39. The minimum Gasteiger partial charge on any atom is -0.466 e. The van der Waals surface area contributed by atoms with Gasteiger partial charge in [0, 0.05) is 18.8 Å². The van der Waals surface area contributed by atoms with Gasteiger partial charge in [0.2, 0.25) is 0 Å². The van der Waals surface area contributed by atoms with Crippen molar-refractivity contribution in [1.82, 2.24) is 15.1 Å². The summed E-state index contributed by atoms with van der Waals surface area (Å²) in [5.41, 5.74) is 0.644. The normalized spacial score (nSPS) is 21.9. The number of hydrogen-bond acceptors (Lipinski definition) is 4. The van der Waals surface area contributed by atoms with Gasteiger partial charge in [0.25, 0.3) is 5.91 Å². The Morgan fingerprint density at radius 2 is 2.24 bits per heavy atom. The first-order valence-corrected chi connectivity index (χ1v) is 7.39. The van der Waals surface area contributed by atoms with Crippen LogP contribution >= 0.6 is 0 Å². The van der Waals surface area contributed by atoms with Crippen LogP contribution in [0.4, 0.5) is 0 Å². The van der Waals surface area contributed by atoms with E-state index in [1.165, 1.54) is 0 Å². The van der Waals surface area contributed by atoms with Crippen molar-refractivity contribution in [1.29, 1.82) is 0 Å². The van der Waals surface area contributed by atoms with Gasteiger partial charge in [-0.05, 0) is 32.3 Å². The summed E-state index contributed by atoms with van der Waals surface area (Å²) in [6.07, 6.45) is 0.638. The quantitative estimate of drug-likeness (QED) is 0.858. The molecule has 0 unspecified atom stereocenters. The molecule has 2 heterocycles. The van der Waals surface area contributed by atoms with Gasteiger partial charge >= 0.3 is 5.97 Å². The number of H-pyrrole nitrogens is 1. The third-order valence-corrected chi connectivity index (χ3v) is 4.30. The second kappa shape index (κ2) is 5.87. The van der Waals surface area contributed by atoms with E-state index in [4.69, 9.17) is 4.74 Å². The molecule has 0 spiro atoms. The second-order valence-electron chi connectivity index (χ2n) is 5.94. The molecule has 1 amide bonds. The van der Waals surface area contributed by atoms with Gasteiger partial charge in [0.15, 0.2) is 0 Å². The maximum atomic E-state index is 12.4. The highest BCUT2D eigenvalue weighted by Crippen LogP contribution is 2.39. The molecule has 0 radical (unpaired) electrons. The molecular weight excluding hydrogens is 270 g/mol. The molecule has 1 aromatic rings. The van der Waals surface area contributed by atoms with Crippen LogP contribution in [-0.2, 0) is 9.53 Å². The molecule has 1 aliphatic heterocycles. The summed E-state index contributed by atoms with van der Waals surface area (Å²) in [7, 11) is 0. The van der Waals surface area contributed by atoms with Crippen molar-refractivity contribution in [3.63, 3.8) is 0 Å². The Morgan fingerprint density at radius 1 is 1.52 bits per heavy atom. The Kier molecular flexibility index (Phi) is 4.34. The number of rotatable bonds is 4. The smallest absolute Gasteiger partial charge is 0.314 e. The summed E-state index contributed by atoms with van der Waals surface area (Å²) >= 11 is 0. The molecule has 6 heteroatoms. The summed E-state index contributed by atoms with van der Waals surface area (Å²) in [5, 5.41) is 6.77. The summed E-state index contributed by atoms with van der Waals surface area (Å²) in [4.78, 5) is 26.5. The van der Waals surface area contributed by atoms with E-state index in [-0.39, 0.29) is 17.8 Å². The number of carbonyl (C=O) groups excluding carboxylic acids is 2. The fourth-order valence-corrected chi connectivity index (χ4v) is 2.84. The molecule has 6 nitrogen and oxygen atoms in total. The Morgan fingerprint density at radius 3 is 2.76 bits per heavy atom. The molecule has 21 heavy (non-hydrogen) atoms. The molecule has 0 aromatic carbocycles. The molecule has 0 bridgehead atoms. The average Bonchev–Trinajstić information content (AvgIpc) is 3.05. The fraction of sp³-hybridized carbons (Fsp3) is 0.667. The number of aromatic amines is 1. The number of esters is 1. The second-order valence-corrected chi connectivity index (χ2v) is 5.94. The third kappa shape index (κ3) is 2.80. The Hall–Kier alpha value is -1.85. The maximum absolute atomic E-state index is 12.4. The predicted octanol–water partition coefficient (Wildman–Crippen LogP) is 1.77. The summed E-state index contributed by atoms with van der Waals surface area (Å²) in [6, 6.07) is 1.72. The molecular formula is C15H23N3O3. The molecule has 0 saturated carbocycles. The molecule has 1 fully saturated rings. The largest absolute Gasteiger partial charge is 0.466 e. The predicted molar refractivity (Wildman–Crippen MR) is 77.7 cm³/mol. The van der Waals surface area contributed by atoms with Gasteiger partial charge in [-0.1, -0.05) is 13.8 Å². The van der Waals surface area contributed by atoms with Gasteiger partial charge in [0.05, 0.1) is 12.0 Å². The Labute approximate surface area is 124 Å². The minimum absolute atomic E-state index is 0.121. The van der Waals surface area contributed by atoms with Crippen molar-refractivity contribution in [3.05, 3.63) is 17.5 Å². The lowest BCUT2D eigenvalue weighted by Crippen LogP contribution is -2.42. The van der Waals surface area contributed by atoms with E-state index in [0.717, 1.165) is 5.69 Å². The zero-order valence-electron chi connectivity index (χ0n) is 13.1. The van der Waals surface area contributed by atoms with Crippen LogP contribution in [0.3, 0.4) is 0 Å². The SMILES string of the molecule is CCOC(=O)[C@]1(C(C)C)CCN(C(=O)c2cc(C)[nH]n2)C1. The number of nitrogens with zero attached hydrogens (tertiary/aromatic N) is 2. The first-order chi connectivity index (χ1) is 9.90. The van der Waals surface area contributed by atoms with E-state index in [2.05, 4.69) is 10.2 Å². The minimum atomic E-state index is -0.600. The van der Waals surface area contributed by atoms with E-state index >= 15 is 0 Å². The van der Waals surface area contributed by atoms with E-state index in [9.17, 15) is 9.59 Å². The number of nitrogens with one attached hydrogen (secondary N) is 1. The number of aryl methyl sites for hydroxylation is 1. The van der Waals surface area contributed by atoms with Crippen molar-refractivity contribution >= 4 is 11.9 Å². The lowest BCUT2D eigenvalue weighted by molar-refractivity contribution is -0.157. The molecule has 2 rings (SSSR count). The van der Waals surface area contributed by atoms with Gasteiger partial charge in [-0.2, -0.15) is 5.10 Å². The van der Waals surface area contributed by atoms with Crippen LogP contribution in [0.25, 0.3) is 0 Å². The van der Waals surface area contributed by atoms with Crippen molar-refractivity contribution < 1.29 is 14.3 Å². The monoisotopic (exact) mass is 293 g/mol. The third-order valence-electron chi connectivity index (χ3n) is 4.30. The highest BCUT2D eigenvalue weighted by molar-refractivity contribution is 5.93. The van der Waals surface area contributed by atoms with E-state index in [1.807, 2.05) is 20.8 Å². The lowest BCUT2D eigenvalue weighted by atomic mass is 9.76. The topological polar surface area (TPSA) is 75.3 Å². The Balaban J connectivity index is 2.16. The first kappa shape index (κ1) is 15.5. The summed E-state index contributed by atoms with van der Waals surface area (Å²) in [5.74, 6) is -0.213. The summed E-state index contributed by atoms with van der Waals surface area (Å²) in [6.45, 7) is 8.98. The molecule has 1 aliphatic rings. The van der Waals surface area contributed by atoms with E-state index in [1.54, 1.807) is 17.9 Å². The van der Waals surface area contributed by atoms with Crippen molar-refractivity contribution in [2.45, 2.75) is 34.1 Å². The summed E-state index contributed by atoms with van der Waals surface area (Å²) < 4.78 is 5.23. The van der Waals surface area contributed by atoms with Crippen LogP contribution in [0, 0.1) is 18.3 Å². The molecule has 1 atom stereocenters. The average molecular weight is 293 g/mol. The molecule has 116 valence electrons. The maximum Gasteiger partial charge on any atom is 0.314 e. The van der Waals surface area contributed by atoms with E-state index < -0.39 is 5.41 Å². The standard InChI is InChI=1S/C15H23N3O3/c1-5-21-14(20)15(10(2)3)6-7-18(9-15)13(19)12-8-11(4)16-17-12/h8,10H,5-7,9H2,1-4H3,(H,16,17)/t15-/m1/s1. The van der Waals surface area contributed by atoms with Crippen molar-refractivity contribution in [2.24, 2.45) is 11.3 Å². The van der Waals surface area contributed by atoms with Crippen LogP contribution in [0.5, 0.6) is 0 Å². The molecule has 0 aliphatic carbocycles. The number of hydrogen-bond donors (Lipinski definition) is 1. The highest BCUT2D eigenvalue weighted by atomic mass is 16.5. The van der Waals surface area contributed by atoms with Crippen molar-refractivity contribution in [3.8, 4) is 0 Å².